The van der Waals surface area contributed by atoms with Gasteiger partial charge in [0, 0.05) is 3.57 Å². The second-order valence-electron chi connectivity index (χ2n) is 2.78. The molecule has 1 unspecified atom stereocenters. The van der Waals surface area contributed by atoms with Gasteiger partial charge in [0.05, 0.1) is 0 Å². The molecule has 0 radical (unpaired) electrons. The molecule has 1 aromatic rings. The first-order valence-corrected chi connectivity index (χ1v) is 4.90. The van der Waals surface area contributed by atoms with E-state index in [-0.39, 0.29) is 0 Å². The van der Waals surface area contributed by atoms with E-state index in [2.05, 4.69) is 22.6 Å². The third-order valence-corrected chi connectivity index (χ3v) is 2.33. The molecular formula is C9H10INO2. The van der Waals surface area contributed by atoms with Gasteiger partial charge in [-0.25, -0.2) is 0 Å². The van der Waals surface area contributed by atoms with Crippen molar-refractivity contribution in [1.82, 2.24) is 0 Å². The number of rotatable bonds is 3. The molecule has 1 rings (SSSR count). The predicted molar refractivity (Wildman–Crippen MR) is 58.5 cm³/mol. The first-order chi connectivity index (χ1) is 6.09. The Kier molecular flexibility index (Phi) is 3.68. The lowest BCUT2D eigenvalue weighted by Crippen LogP contribution is -2.32. The van der Waals surface area contributed by atoms with Crippen LogP contribution in [-0.2, 0) is 11.2 Å². The van der Waals surface area contributed by atoms with Crippen LogP contribution < -0.4 is 5.73 Å². The second-order valence-corrected chi connectivity index (χ2v) is 4.02. The third kappa shape index (κ3) is 3.31. The van der Waals surface area contributed by atoms with E-state index < -0.39 is 12.0 Å². The molecule has 4 heteroatoms. The third-order valence-electron chi connectivity index (χ3n) is 1.66. The van der Waals surface area contributed by atoms with Gasteiger partial charge in [0.1, 0.15) is 6.04 Å². The Labute approximate surface area is 90.1 Å². The number of benzene rings is 1. The van der Waals surface area contributed by atoms with E-state index in [1.165, 1.54) is 0 Å². The van der Waals surface area contributed by atoms with E-state index >= 15 is 0 Å². The number of carboxylic acids is 1. The lowest BCUT2D eigenvalue weighted by Gasteiger charge is -2.05. The quantitative estimate of drug-likeness (QED) is 0.824. The molecule has 0 fully saturated rings. The molecule has 3 nitrogen and oxygen atoms in total. The zero-order chi connectivity index (χ0) is 9.84. The zero-order valence-electron chi connectivity index (χ0n) is 6.90. The van der Waals surface area contributed by atoms with Gasteiger partial charge in [0.15, 0.2) is 0 Å². The Morgan fingerprint density at radius 1 is 1.62 bits per heavy atom. The van der Waals surface area contributed by atoms with Gasteiger partial charge in [-0.3, -0.25) is 4.79 Å². The number of nitrogens with two attached hydrogens (primary N) is 1. The fraction of sp³-hybridized carbons (Fsp3) is 0.222. The highest BCUT2D eigenvalue weighted by Crippen LogP contribution is 2.09. The van der Waals surface area contributed by atoms with Gasteiger partial charge in [0.25, 0.3) is 0 Å². The molecule has 0 heterocycles. The number of carbonyl (C=O) groups is 1. The Morgan fingerprint density at radius 2 is 2.31 bits per heavy atom. The summed E-state index contributed by atoms with van der Waals surface area (Å²) in [5.41, 5.74) is 6.36. The Hall–Kier alpha value is -0.620. The van der Waals surface area contributed by atoms with Crippen LogP contribution in [0.5, 0.6) is 0 Å². The largest absolute Gasteiger partial charge is 0.480 e. The van der Waals surface area contributed by atoms with Crippen molar-refractivity contribution in [3.8, 4) is 0 Å². The summed E-state index contributed by atoms with van der Waals surface area (Å²) >= 11 is 2.18. The molecule has 1 aromatic carbocycles. The van der Waals surface area contributed by atoms with Crippen LogP contribution in [-0.4, -0.2) is 17.1 Å². The van der Waals surface area contributed by atoms with Crippen molar-refractivity contribution >= 4 is 28.6 Å². The van der Waals surface area contributed by atoms with Crippen LogP contribution in [0.1, 0.15) is 5.56 Å². The number of hydrogen-bond donors (Lipinski definition) is 2. The summed E-state index contributed by atoms with van der Waals surface area (Å²) in [5, 5.41) is 8.59. The van der Waals surface area contributed by atoms with E-state index in [0.717, 1.165) is 9.13 Å². The maximum atomic E-state index is 10.5. The summed E-state index contributed by atoms with van der Waals surface area (Å²) in [6.45, 7) is 0. The van der Waals surface area contributed by atoms with Crippen molar-refractivity contribution in [2.24, 2.45) is 5.73 Å². The monoisotopic (exact) mass is 291 g/mol. The number of aliphatic carboxylic acids is 1. The lowest BCUT2D eigenvalue weighted by atomic mass is 10.1. The van der Waals surface area contributed by atoms with E-state index in [1.54, 1.807) is 0 Å². The second kappa shape index (κ2) is 4.57. The van der Waals surface area contributed by atoms with Gasteiger partial charge in [0.2, 0.25) is 0 Å². The molecule has 0 spiro atoms. The summed E-state index contributed by atoms with van der Waals surface area (Å²) in [5.74, 6) is -0.959. The normalized spacial score (nSPS) is 12.5. The maximum Gasteiger partial charge on any atom is 0.320 e. The average molecular weight is 291 g/mol. The first-order valence-electron chi connectivity index (χ1n) is 3.82. The predicted octanol–water partition coefficient (Wildman–Crippen LogP) is 1.25. The topological polar surface area (TPSA) is 63.3 Å². The molecule has 0 aliphatic heterocycles. The van der Waals surface area contributed by atoms with Gasteiger partial charge >= 0.3 is 5.97 Å². The van der Waals surface area contributed by atoms with Crippen LogP contribution in [0.2, 0.25) is 0 Å². The minimum absolute atomic E-state index is 0.381. The van der Waals surface area contributed by atoms with Crippen LogP contribution in [0.25, 0.3) is 0 Å². The summed E-state index contributed by atoms with van der Waals surface area (Å²) in [7, 11) is 0. The molecule has 0 amide bonds. The summed E-state index contributed by atoms with van der Waals surface area (Å²) in [6.07, 6.45) is 0.381. The minimum atomic E-state index is -0.959. The molecule has 70 valence electrons. The highest BCUT2D eigenvalue weighted by atomic mass is 127. The fourth-order valence-corrected chi connectivity index (χ4v) is 1.61. The molecule has 0 saturated heterocycles. The van der Waals surface area contributed by atoms with Gasteiger partial charge in [-0.2, -0.15) is 0 Å². The number of carboxylic acid groups (broad SMARTS) is 1. The van der Waals surface area contributed by atoms with Crippen molar-refractivity contribution in [2.45, 2.75) is 12.5 Å². The van der Waals surface area contributed by atoms with E-state index in [9.17, 15) is 4.79 Å². The average Bonchev–Trinajstić information content (AvgIpc) is 2.04. The van der Waals surface area contributed by atoms with Crippen LogP contribution >= 0.6 is 22.6 Å². The van der Waals surface area contributed by atoms with Gasteiger partial charge in [-0.1, -0.05) is 12.1 Å². The first kappa shape index (κ1) is 10.5. The summed E-state index contributed by atoms with van der Waals surface area (Å²) in [4.78, 5) is 10.5. The summed E-state index contributed by atoms with van der Waals surface area (Å²) in [6, 6.07) is 6.86. The molecule has 0 bridgehead atoms. The highest BCUT2D eigenvalue weighted by molar-refractivity contribution is 14.1. The molecule has 13 heavy (non-hydrogen) atoms. The molecule has 3 N–H and O–H groups in total. The van der Waals surface area contributed by atoms with E-state index in [4.69, 9.17) is 10.8 Å². The molecule has 0 saturated carbocycles. The van der Waals surface area contributed by atoms with Crippen molar-refractivity contribution in [1.29, 1.82) is 0 Å². The van der Waals surface area contributed by atoms with Crippen LogP contribution in [0.3, 0.4) is 0 Å². The highest BCUT2D eigenvalue weighted by Gasteiger charge is 2.11. The molecule has 0 aliphatic rings. The van der Waals surface area contributed by atoms with Crippen molar-refractivity contribution in [3.63, 3.8) is 0 Å². The van der Waals surface area contributed by atoms with E-state index in [1.807, 2.05) is 24.3 Å². The van der Waals surface area contributed by atoms with Crippen LogP contribution in [0, 0.1) is 3.57 Å². The Morgan fingerprint density at radius 3 is 2.85 bits per heavy atom. The summed E-state index contributed by atoms with van der Waals surface area (Å²) < 4.78 is 1.09. The number of halogens is 1. The van der Waals surface area contributed by atoms with Crippen molar-refractivity contribution < 1.29 is 9.90 Å². The Balaban J connectivity index is 2.69. The smallest absolute Gasteiger partial charge is 0.320 e. The maximum absolute atomic E-state index is 10.5. The van der Waals surface area contributed by atoms with Gasteiger partial charge in [-0.15, -0.1) is 0 Å². The lowest BCUT2D eigenvalue weighted by molar-refractivity contribution is -0.138. The van der Waals surface area contributed by atoms with E-state index in [0.29, 0.717) is 6.42 Å². The fourth-order valence-electron chi connectivity index (χ4n) is 1.01. The van der Waals surface area contributed by atoms with Crippen molar-refractivity contribution in [3.05, 3.63) is 33.4 Å². The minimum Gasteiger partial charge on any atom is -0.480 e. The van der Waals surface area contributed by atoms with Crippen LogP contribution in [0.4, 0.5) is 0 Å². The molecular weight excluding hydrogens is 281 g/mol. The Bertz CT molecular complexity index is 314. The SMILES string of the molecule is NC(Cc1cccc(I)c1)C(=O)O. The van der Waals surface area contributed by atoms with Gasteiger partial charge in [-0.05, 0) is 46.7 Å². The zero-order valence-corrected chi connectivity index (χ0v) is 9.06. The molecule has 0 aromatic heterocycles. The van der Waals surface area contributed by atoms with Crippen LogP contribution in [0.15, 0.2) is 24.3 Å². The van der Waals surface area contributed by atoms with Gasteiger partial charge < -0.3 is 10.8 Å². The molecule has 0 aliphatic carbocycles. The number of hydrogen-bond acceptors (Lipinski definition) is 2. The van der Waals surface area contributed by atoms with Crippen molar-refractivity contribution in [2.75, 3.05) is 0 Å². The molecule has 1 atom stereocenters. The standard InChI is InChI=1S/C9H10INO2/c10-7-3-1-2-6(4-7)5-8(11)9(12)13/h1-4,8H,5,11H2,(H,12,13).